The summed E-state index contributed by atoms with van der Waals surface area (Å²) in [5, 5.41) is 0.713. The molecular formula is C16H15ClO2. The molecule has 2 rings (SSSR count). The van der Waals surface area contributed by atoms with Gasteiger partial charge in [0.25, 0.3) is 0 Å². The minimum Gasteiger partial charge on any atom is -0.466 e. The molecule has 1 aliphatic carbocycles. The van der Waals surface area contributed by atoms with Crippen LogP contribution in [0.25, 0.3) is 5.57 Å². The Hall–Kier alpha value is -1.80. The van der Waals surface area contributed by atoms with Crippen molar-refractivity contribution in [1.29, 1.82) is 0 Å². The van der Waals surface area contributed by atoms with Crippen LogP contribution in [-0.4, -0.2) is 13.1 Å². The first-order valence-corrected chi connectivity index (χ1v) is 6.42. The third-order valence-electron chi connectivity index (χ3n) is 3.04. The van der Waals surface area contributed by atoms with Gasteiger partial charge in [-0.3, -0.25) is 0 Å². The van der Waals surface area contributed by atoms with Crippen molar-refractivity contribution in [3.05, 3.63) is 64.2 Å². The van der Waals surface area contributed by atoms with Crippen LogP contribution in [0.1, 0.15) is 18.9 Å². The predicted molar refractivity (Wildman–Crippen MR) is 77.9 cm³/mol. The highest BCUT2D eigenvalue weighted by atomic mass is 35.5. The van der Waals surface area contributed by atoms with E-state index in [1.54, 1.807) is 0 Å². The van der Waals surface area contributed by atoms with Gasteiger partial charge in [-0.1, -0.05) is 35.9 Å². The summed E-state index contributed by atoms with van der Waals surface area (Å²) in [5.74, 6) is -0.277. The van der Waals surface area contributed by atoms with E-state index < -0.39 is 0 Å². The van der Waals surface area contributed by atoms with E-state index in [9.17, 15) is 4.79 Å². The number of ether oxygens (including phenoxy) is 1. The highest BCUT2D eigenvalue weighted by molar-refractivity contribution is 6.30. The maximum atomic E-state index is 11.6. The second kappa shape index (κ2) is 5.89. The number of methoxy groups -OCH3 is 1. The van der Waals surface area contributed by atoms with E-state index in [0.717, 1.165) is 16.7 Å². The molecule has 1 aliphatic rings. The number of hydrogen-bond donors (Lipinski definition) is 0. The van der Waals surface area contributed by atoms with E-state index >= 15 is 0 Å². The summed E-state index contributed by atoms with van der Waals surface area (Å²) in [6.45, 7) is 1.99. The molecule has 0 atom stereocenters. The molecular weight excluding hydrogens is 260 g/mol. The van der Waals surface area contributed by atoms with Crippen LogP contribution in [0.3, 0.4) is 0 Å². The third-order valence-corrected chi connectivity index (χ3v) is 3.29. The predicted octanol–water partition coefficient (Wildman–Crippen LogP) is 4.17. The van der Waals surface area contributed by atoms with Crippen molar-refractivity contribution in [3.8, 4) is 0 Å². The summed E-state index contributed by atoms with van der Waals surface area (Å²) >= 11 is 5.90. The topological polar surface area (TPSA) is 26.3 Å². The van der Waals surface area contributed by atoms with E-state index in [-0.39, 0.29) is 5.97 Å². The van der Waals surface area contributed by atoms with Crippen LogP contribution in [-0.2, 0) is 9.53 Å². The SMILES string of the molecule is COC(=O)C1=CC(C)=C(c2ccc(Cl)cc2)C=CC1. The average molecular weight is 275 g/mol. The maximum Gasteiger partial charge on any atom is 0.334 e. The first kappa shape index (κ1) is 13.6. The van der Waals surface area contributed by atoms with Gasteiger partial charge in [-0.2, -0.15) is 0 Å². The minimum atomic E-state index is -0.277. The Kier molecular flexibility index (Phi) is 4.23. The van der Waals surface area contributed by atoms with Gasteiger partial charge >= 0.3 is 5.97 Å². The molecule has 0 unspecified atom stereocenters. The highest BCUT2D eigenvalue weighted by Gasteiger charge is 2.12. The van der Waals surface area contributed by atoms with Gasteiger partial charge in [-0.15, -0.1) is 0 Å². The van der Waals surface area contributed by atoms with E-state index in [1.807, 2.05) is 49.4 Å². The smallest absolute Gasteiger partial charge is 0.334 e. The highest BCUT2D eigenvalue weighted by Crippen LogP contribution is 2.27. The molecule has 0 aromatic heterocycles. The molecule has 0 heterocycles. The van der Waals surface area contributed by atoms with Crippen LogP contribution in [0.15, 0.2) is 53.6 Å². The lowest BCUT2D eigenvalue weighted by molar-refractivity contribution is -0.136. The zero-order chi connectivity index (χ0) is 13.8. The van der Waals surface area contributed by atoms with Gasteiger partial charge in [0.05, 0.1) is 7.11 Å². The van der Waals surface area contributed by atoms with Crippen LogP contribution in [0.4, 0.5) is 0 Å². The molecule has 19 heavy (non-hydrogen) atoms. The summed E-state index contributed by atoms with van der Waals surface area (Å²) in [4.78, 5) is 11.6. The van der Waals surface area contributed by atoms with Crippen LogP contribution in [0, 0.1) is 0 Å². The average Bonchev–Trinajstić information content (AvgIpc) is 2.61. The fourth-order valence-electron chi connectivity index (χ4n) is 2.06. The number of halogens is 1. The largest absolute Gasteiger partial charge is 0.466 e. The molecule has 3 heteroatoms. The second-order valence-electron chi connectivity index (χ2n) is 4.37. The van der Waals surface area contributed by atoms with Crippen molar-refractivity contribution in [1.82, 2.24) is 0 Å². The number of carbonyl (C=O) groups is 1. The van der Waals surface area contributed by atoms with Crippen molar-refractivity contribution < 1.29 is 9.53 Å². The van der Waals surface area contributed by atoms with E-state index in [1.165, 1.54) is 7.11 Å². The zero-order valence-corrected chi connectivity index (χ0v) is 11.7. The van der Waals surface area contributed by atoms with Gasteiger partial charge in [-0.05, 0) is 48.3 Å². The van der Waals surface area contributed by atoms with Crippen LogP contribution >= 0.6 is 11.6 Å². The summed E-state index contributed by atoms with van der Waals surface area (Å²) in [6.07, 6.45) is 6.48. The summed E-state index contributed by atoms with van der Waals surface area (Å²) in [6, 6.07) is 7.67. The molecule has 98 valence electrons. The van der Waals surface area contributed by atoms with Gasteiger partial charge in [0, 0.05) is 10.6 Å². The van der Waals surface area contributed by atoms with Crippen molar-refractivity contribution >= 4 is 23.1 Å². The zero-order valence-electron chi connectivity index (χ0n) is 10.9. The Morgan fingerprint density at radius 3 is 2.58 bits per heavy atom. The molecule has 0 N–H and O–H groups in total. The molecule has 2 nitrogen and oxygen atoms in total. The molecule has 0 amide bonds. The maximum absolute atomic E-state index is 11.6. The molecule has 0 bridgehead atoms. The first-order chi connectivity index (χ1) is 9.11. The van der Waals surface area contributed by atoms with E-state index in [0.29, 0.717) is 17.0 Å². The van der Waals surface area contributed by atoms with Gasteiger partial charge in [0.15, 0.2) is 0 Å². The number of allylic oxidation sites excluding steroid dienone is 5. The lowest BCUT2D eigenvalue weighted by atomic mass is 10.0. The van der Waals surface area contributed by atoms with Crippen LogP contribution in [0.2, 0.25) is 5.02 Å². The summed E-state index contributed by atoms with van der Waals surface area (Å²) < 4.78 is 4.77. The monoisotopic (exact) mass is 274 g/mol. The first-order valence-electron chi connectivity index (χ1n) is 6.04. The Morgan fingerprint density at radius 1 is 1.26 bits per heavy atom. The number of carbonyl (C=O) groups excluding carboxylic acids is 1. The number of hydrogen-bond acceptors (Lipinski definition) is 2. The van der Waals surface area contributed by atoms with Gasteiger partial charge in [-0.25, -0.2) is 4.79 Å². The Bertz CT molecular complexity index is 577. The quantitative estimate of drug-likeness (QED) is 0.757. The summed E-state index contributed by atoms with van der Waals surface area (Å²) in [7, 11) is 1.40. The summed E-state index contributed by atoms with van der Waals surface area (Å²) in [5.41, 5.74) is 3.88. The van der Waals surface area contributed by atoms with Crippen molar-refractivity contribution in [2.24, 2.45) is 0 Å². The number of benzene rings is 1. The Labute approximate surface area is 118 Å². The third kappa shape index (κ3) is 3.15. The van der Waals surface area contributed by atoms with Crippen LogP contribution in [0.5, 0.6) is 0 Å². The number of rotatable bonds is 2. The lowest BCUT2D eigenvalue weighted by Crippen LogP contribution is -2.03. The molecule has 0 spiro atoms. The fourth-order valence-corrected chi connectivity index (χ4v) is 2.19. The Morgan fingerprint density at radius 2 is 1.95 bits per heavy atom. The Balaban J connectivity index is 2.42. The van der Waals surface area contributed by atoms with Crippen molar-refractivity contribution in [2.45, 2.75) is 13.3 Å². The molecule has 1 aromatic carbocycles. The van der Waals surface area contributed by atoms with Gasteiger partial charge < -0.3 is 4.74 Å². The standard InChI is InChI=1S/C16H15ClO2/c1-11-10-13(16(18)19-2)4-3-5-15(11)12-6-8-14(17)9-7-12/h3,5-10H,4H2,1-2H3. The lowest BCUT2D eigenvalue weighted by Gasteiger charge is -2.06. The van der Waals surface area contributed by atoms with Gasteiger partial charge in [0.1, 0.15) is 0 Å². The fraction of sp³-hybridized carbons (Fsp3) is 0.188. The van der Waals surface area contributed by atoms with Gasteiger partial charge in [0.2, 0.25) is 0 Å². The number of esters is 1. The molecule has 0 aliphatic heterocycles. The van der Waals surface area contributed by atoms with Crippen molar-refractivity contribution in [2.75, 3.05) is 7.11 Å². The molecule has 0 saturated carbocycles. The minimum absolute atomic E-state index is 0.277. The molecule has 0 fully saturated rings. The van der Waals surface area contributed by atoms with Crippen LogP contribution < -0.4 is 0 Å². The normalized spacial score (nSPS) is 15.0. The molecule has 0 radical (unpaired) electrons. The van der Waals surface area contributed by atoms with E-state index in [4.69, 9.17) is 16.3 Å². The van der Waals surface area contributed by atoms with Crippen molar-refractivity contribution in [3.63, 3.8) is 0 Å². The van der Waals surface area contributed by atoms with E-state index in [2.05, 4.69) is 0 Å². The second-order valence-corrected chi connectivity index (χ2v) is 4.81. The molecule has 0 saturated heterocycles. The molecule has 1 aromatic rings.